The molecule has 0 aliphatic heterocycles. The van der Waals surface area contributed by atoms with Crippen molar-refractivity contribution in [3.05, 3.63) is 33.7 Å². The number of benzene rings is 1. The maximum absolute atomic E-state index is 11.7. The first-order valence-electron chi connectivity index (χ1n) is 5.03. The van der Waals surface area contributed by atoms with E-state index in [4.69, 9.17) is 5.73 Å². The number of nitrogen functional groups attached to an aromatic ring is 1. The van der Waals surface area contributed by atoms with Gasteiger partial charge in [-0.25, -0.2) is 4.98 Å². The predicted octanol–water partition coefficient (Wildman–Crippen LogP) is 2.37. The fourth-order valence-corrected chi connectivity index (χ4v) is 2.31. The van der Waals surface area contributed by atoms with Gasteiger partial charge >= 0.3 is 0 Å². The van der Waals surface area contributed by atoms with Crippen LogP contribution < -0.4 is 11.1 Å². The summed E-state index contributed by atoms with van der Waals surface area (Å²) in [6.07, 6.45) is 0.125. The van der Waals surface area contributed by atoms with E-state index >= 15 is 0 Å². The Kier molecular flexibility index (Phi) is 3.83. The van der Waals surface area contributed by atoms with Gasteiger partial charge in [-0.15, -0.1) is 11.3 Å². The number of aromatic hydroxyl groups is 1. The highest BCUT2D eigenvalue weighted by molar-refractivity contribution is 9.10. The van der Waals surface area contributed by atoms with E-state index in [9.17, 15) is 9.90 Å². The first kappa shape index (κ1) is 12.8. The Morgan fingerprint density at radius 2 is 2.33 bits per heavy atom. The van der Waals surface area contributed by atoms with E-state index in [1.165, 1.54) is 11.3 Å². The number of phenols is 1. The highest BCUT2D eigenvalue weighted by atomic mass is 79.9. The molecule has 0 aliphatic carbocycles. The quantitative estimate of drug-likeness (QED) is 0.755. The van der Waals surface area contributed by atoms with Crippen molar-refractivity contribution in [3.63, 3.8) is 0 Å². The zero-order valence-electron chi connectivity index (χ0n) is 9.18. The first-order chi connectivity index (χ1) is 8.56. The van der Waals surface area contributed by atoms with Gasteiger partial charge in [-0.2, -0.15) is 0 Å². The number of halogens is 1. The van der Waals surface area contributed by atoms with Crippen LogP contribution in [-0.2, 0) is 11.2 Å². The van der Waals surface area contributed by atoms with Crippen LogP contribution in [0.2, 0.25) is 0 Å². The van der Waals surface area contributed by atoms with Crippen molar-refractivity contribution in [2.24, 2.45) is 0 Å². The van der Waals surface area contributed by atoms with Gasteiger partial charge in [0.05, 0.1) is 22.3 Å². The molecule has 5 nitrogen and oxygen atoms in total. The minimum absolute atomic E-state index is 0.00337. The number of phenolic OH excluding ortho intramolecular Hbond substituents is 1. The van der Waals surface area contributed by atoms with Crippen molar-refractivity contribution < 1.29 is 9.90 Å². The number of nitrogens with two attached hydrogens (primary N) is 1. The van der Waals surface area contributed by atoms with Gasteiger partial charge in [0, 0.05) is 5.38 Å². The second-order valence-electron chi connectivity index (χ2n) is 3.54. The number of nitrogens with one attached hydrogen (secondary N) is 1. The number of para-hydroxylation sites is 1. The standard InChI is InChI=1S/C11H10BrN3O2S/c12-7-2-1-3-8(10(7)17)15-9(16)4-6-5-18-11(13)14-6/h1-3,5,17H,4H2,(H2,13,14)(H,15,16). The van der Waals surface area contributed by atoms with E-state index in [0.717, 1.165) is 0 Å². The van der Waals surface area contributed by atoms with Crippen LogP contribution in [0.3, 0.4) is 0 Å². The van der Waals surface area contributed by atoms with Gasteiger partial charge < -0.3 is 16.2 Å². The van der Waals surface area contributed by atoms with Crippen LogP contribution in [-0.4, -0.2) is 16.0 Å². The molecule has 0 radical (unpaired) electrons. The smallest absolute Gasteiger partial charge is 0.230 e. The molecule has 0 bridgehead atoms. The second-order valence-corrected chi connectivity index (χ2v) is 5.28. The zero-order valence-corrected chi connectivity index (χ0v) is 11.6. The Bertz CT molecular complexity index is 585. The molecule has 1 amide bonds. The molecule has 0 saturated carbocycles. The number of amides is 1. The molecule has 18 heavy (non-hydrogen) atoms. The number of anilines is 2. The zero-order chi connectivity index (χ0) is 13.1. The molecule has 7 heteroatoms. The number of nitrogens with zero attached hydrogens (tertiary/aromatic N) is 1. The van der Waals surface area contributed by atoms with Crippen LogP contribution in [0.5, 0.6) is 5.75 Å². The number of carbonyl (C=O) groups excluding carboxylic acids is 1. The van der Waals surface area contributed by atoms with Gasteiger partial charge in [0.2, 0.25) is 5.91 Å². The average molecular weight is 328 g/mol. The van der Waals surface area contributed by atoms with Crippen LogP contribution in [0, 0.1) is 0 Å². The lowest BCUT2D eigenvalue weighted by Gasteiger charge is -2.07. The summed E-state index contributed by atoms with van der Waals surface area (Å²) in [6, 6.07) is 5.03. The van der Waals surface area contributed by atoms with Crippen LogP contribution >= 0.6 is 27.3 Å². The van der Waals surface area contributed by atoms with E-state index in [0.29, 0.717) is 21.0 Å². The average Bonchev–Trinajstić information content (AvgIpc) is 2.70. The van der Waals surface area contributed by atoms with Crippen molar-refractivity contribution in [3.8, 4) is 5.75 Å². The Morgan fingerprint density at radius 3 is 3.00 bits per heavy atom. The SMILES string of the molecule is Nc1nc(CC(=O)Nc2cccc(Br)c2O)cs1. The van der Waals surface area contributed by atoms with Crippen LogP contribution in [0.4, 0.5) is 10.8 Å². The van der Waals surface area contributed by atoms with Crippen molar-refractivity contribution in [2.45, 2.75) is 6.42 Å². The molecule has 0 atom stereocenters. The second kappa shape index (κ2) is 5.36. The van der Waals surface area contributed by atoms with E-state index < -0.39 is 0 Å². The highest BCUT2D eigenvalue weighted by Gasteiger charge is 2.10. The number of carbonyl (C=O) groups is 1. The van der Waals surface area contributed by atoms with Crippen molar-refractivity contribution in [1.29, 1.82) is 0 Å². The number of hydrogen-bond acceptors (Lipinski definition) is 5. The first-order valence-corrected chi connectivity index (χ1v) is 6.70. The predicted molar refractivity (Wildman–Crippen MR) is 74.7 cm³/mol. The molecule has 0 spiro atoms. The molecule has 2 rings (SSSR count). The van der Waals surface area contributed by atoms with E-state index in [-0.39, 0.29) is 18.1 Å². The van der Waals surface area contributed by atoms with Gasteiger partial charge in [0.25, 0.3) is 0 Å². The maximum atomic E-state index is 11.7. The minimum atomic E-state index is -0.256. The summed E-state index contributed by atoms with van der Waals surface area (Å²) in [5, 5.41) is 14.5. The highest BCUT2D eigenvalue weighted by Crippen LogP contribution is 2.31. The van der Waals surface area contributed by atoms with Gasteiger partial charge in [0.1, 0.15) is 0 Å². The normalized spacial score (nSPS) is 10.3. The summed E-state index contributed by atoms with van der Waals surface area (Å²) >= 11 is 4.47. The van der Waals surface area contributed by atoms with E-state index in [2.05, 4.69) is 26.2 Å². The van der Waals surface area contributed by atoms with Crippen molar-refractivity contribution >= 4 is 44.0 Å². The fourth-order valence-electron chi connectivity index (χ4n) is 1.38. The lowest BCUT2D eigenvalue weighted by Crippen LogP contribution is -2.14. The number of thiazole rings is 1. The molecule has 4 N–H and O–H groups in total. The molecular weight excluding hydrogens is 318 g/mol. The molecule has 0 saturated heterocycles. The molecule has 1 aromatic carbocycles. The van der Waals surface area contributed by atoms with Crippen LogP contribution in [0.25, 0.3) is 0 Å². The molecule has 94 valence electrons. The molecule has 0 unspecified atom stereocenters. The lowest BCUT2D eigenvalue weighted by molar-refractivity contribution is -0.115. The third-order valence-electron chi connectivity index (χ3n) is 2.17. The van der Waals surface area contributed by atoms with Gasteiger partial charge in [-0.1, -0.05) is 6.07 Å². The Labute approximate surface area is 116 Å². The third kappa shape index (κ3) is 2.99. The molecule has 2 aromatic rings. The third-order valence-corrected chi connectivity index (χ3v) is 3.53. The summed E-state index contributed by atoms with van der Waals surface area (Å²) in [5.74, 6) is -0.252. The topological polar surface area (TPSA) is 88.2 Å². The Hall–Kier alpha value is -1.60. The largest absolute Gasteiger partial charge is 0.505 e. The lowest BCUT2D eigenvalue weighted by atomic mass is 10.2. The fraction of sp³-hybridized carbons (Fsp3) is 0.0909. The molecule has 0 fully saturated rings. The Balaban J connectivity index is 2.05. The van der Waals surface area contributed by atoms with Gasteiger partial charge in [-0.05, 0) is 28.1 Å². The number of rotatable bonds is 3. The summed E-state index contributed by atoms with van der Waals surface area (Å²) in [6.45, 7) is 0. The number of aromatic nitrogens is 1. The minimum Gasteiger partial charge on any atom is -0.505 e. The molecule has 0 aliphatic rings. The summed E-state index contributed by atoms with van der Waals surface area (Å²) in [5.41, 5.74) is 6.45. The van der Waals surface area contributed by atoms with Crippen LogP contribution in [0.1, 0.15) is 5.69 Å². The van der Waals surface area contributed by atoms with Gasteiger partial charge in [0.15, 0.2) is 10.9 Å². The van der Waals surface area contributed by atoms with E-state index in [1.54, 1.807) is 23.6 Å². The van der Waals surface area contributed by atoms with E-state index in [1.807, 2.05) is 0 Å². The Morgan fingerprint density at radius 1 is 1.56 bits per heavy atom. The number of hydrogen-bond donors (Lipinski definition) is 3. The summed E-state index contributed by atoms with van der Waals surface area (Å²) in [7, 11) is 0. The summed E-state index contributed by atoms with van der Waals surface area (Å²) < 4.78 is 0.526. The maximum Gasteiger partial charge on any atom is 0.230 e. The monoisotopic (exact) mass is 327 g/mol. The van der Waals surface area contributed by atoms with Gasteiger partial charge in [-0.3, -0.25) is 4.79 Å². The van der Waals surface area contributed by atoms with Crippen LogP contribution in [0.15, 0.2) is 28.1 Å². The molecule has 1 heterocycles. The molecule has 1 aromatic heterocycles. The van der Waals surface area contributed by atoms with Crippen molar-refractivity contribution in [1.82, 2.24) is 4.98 Å². The van der Waals surface area contributed by atoms with Crippen molar-refractivity contribution in [2.75, 3.05) is 11.1 Å². The summed E-state index contributed by atoms with van der Waals surface area (Å²) in [4.78, 5) is 15.7. The molecular formula is C11H10BrN3O2S.